The Bertz CT molecular complexity index is 919. The van der Waals surface area contributed by atoms with Crippen molar-refractivity contribution in [1.82, 2.24) is 19.9 Å². The molecule has 0 spiro atoms. The van der Waals surface area contributed by atoms with Gasteiger partial charge in [0.1, 0.15) is 11.3 Å². The van der Waals surface area contributed by atoms with Gasteiger partial charge in [-0.3, -0.25) is 0 Å². The van der Waals surface area contributed by atoms with E-state index in [0.717, 1.165) is 37.1 Å². The molecule has 0 radical (unpaired) electrons. The molecular weight excluding hydrogens is 358 g/mol. The van der Waals surface area contributed by atoms with Gasteiger partial charge in [-0.1, -0.05) is 19.9 Å². The maximum Gasteiger partial charge on any atom is 0.410 e. The number of nitrogens with two attached hydrogens (primary N) is 1. The van der Waals surface area contributed by atoms with Crippen LogP contribution in [0.4, 0.5) is 4.79 Å². The van der Waals surface area contributed by atoms with E-state index in [9.17, 15) is 4.79 Å². The van der Waals surface area contributed by atoms with Crippen LogP contribution in [0.1, 0.15) is 20.3 Å². The Morgan fingerprint density at radius 1 is 1.21 bits per heavy atom. The van der Waals surface area contributed by atoms with Crippen molar-refractivity contribution >= 4 is 17.1 Å². The molecule has 0 atom stereocenters. The van der Waals surface area contributed by atoms with E-state index >= 15 is 0 Å². The first kappa shape index (κ1) is 19.6. The summed E-state index contributed by atoms with van der Waals surface area (Å²) in [5.41, 5.74) is 7.19. The first-order chi connectivity index (χ1) is 13.6. The van der Waals surface area contributed by atoms with Crippen molar-refractivity contribution in [3.8, 4) is 23.0 Å². The van der Waals surface area contributed by atoms with Crippen molar-refractivity contribution in [2.24, 2.45) is 5.73 Å². The lowest BCUT2D eigenvalue weighted by Crippen LogP contribution is -2.25. The molecule has 148 valence electrons. The molecule has 1 amide bonds. The number of para-hydroxylation sites is 1. The van der Waals surface area contributed by atoms with Crippen molar-refractivity contribution < 1.29 is 14.3 Å². The summed E-state index contributed by atoms with van der Waals surface area (Å²) >= 11 is 0. The van der Waals surface area contributed by atoms with Crippen LogP contribution >= 0.6 is 0 Å². The fraction of sp³-hybridized carbons (Fsp3) is 0.350. The van der Waals surface area contributed by atoms with Gasteiger partial charge in [-0.2, -0.15) is 0 Å². The maximum atomic E-state index is 11.0. The van der Waals surface area contributed by atoms with Gasteiger partial charge in [0.15, 0.2) is 5.75 Å². The zero-order chi connectivity index (χ0) is 19.9. The largest absolute Gasteiger partial charge is 0.478 e. The van der Waals surface area contributed by atoms with Crippen LogP contribution in [0.3, 0.4) is 0 Å². The summed E-state index contributed by atoms with van der Waals surface area (Å²) in [5, 5.41) is 0. The number of carbonyl (C=O) groups excluding carboxylic acids is 1. The summed E-state index contributed by atoms with van der Waals surface area (Å²) in [7, 11) is 0. The topological polar surface area (TPSA) is 106 Å². The second-order valence-electron chi connectivity index (χ2n) is 6.27. The minimum atomic E-state index is -0.874. The van der Waals surface area contributed by atoms with Crippen LogP contribution < -0.4 is 15.2 Å². The number of hydrogen-bond acceptors (Lipinski definition) is 6. The molecule has 0 unspecified atom stereocenters. The Morgan fingerprint density at radius 3 is 2.71 bits per heavy atom. The van der Waals surface area contributed by atoms with Crippen LogP contribution in [-0.4, -0.2) is 52.2 Å². The highest BCUT2D eigenvalue weighted by Gasteiger charge is 2.12. The van der Waals surface area contributed by atoms with Crippen molar-refractivity contribution in [1.29, 1.82) is 0 Å². The molecule has 2 heterocycles. The van der Waals surface area contributed by atoms with Crippen LogP contribution in [0.15, 0.2) is 36.5 Å². The number of aromatic amines is 1. The van der Waals surface area contributed by atoms with Gasteiger partial charge in [0, 0.05) is 24.4 Å². The van der Waals surface area contributed by atoms with Crippen LogP contribution in [0.2, 0.25) is 0 Å². The maximum absolute atomic E-state index is 11.0. The predicted molar refractivity (Wildman–Crippen MR) is 107 cm³/mol. The number of H-pyrrole nitrogens is 1. The van der Waals surface area contributed by atoms with E-state index in [1.807, 2.05) is 18.2 Å². The first-order valence-electron chi connectivity index (χ1n) is 9.38. The fourth-order valence-corrected chi connectivity index (χ4v) is 2.94. The first-order valence-corrected chi connectivity index (χ1v) is 9.38. The average molecular weight is 383 g/mol. The number of pyridine rings is 1. The molecular formula is C20H25N5O3. The van der Waals surface area contributed by atoms with Gasteiger partial charge < -0.3 is 25.1 Å². The van der Waals surface area contributed by atoms with Crippen molar-refractivity contribution in [3.05, 3.63) is 36.5 Å². The van der Waals surface area contributed by atoms with Crippen LogP contribution in [0.5, 0.6) is 11.6 Å². The highest BCUT2D eigenvalue weighted by molar-refractivity contribution is 5.86. The van der Waals surface area contributed by atoms with Crippen LogP contribution in [-0.2, 0) is 0 Å². The van der Waals surface area contributed by atoms with E-state index in [1.165, 1.54) is 0 Å². The van der Waals surface area contributed by atoms with E-state index in [1.54, 1.807) is 18.3 Å². The number of rotatable bonds is 9. The van der Waals surface area contributed by atoms with Crippen molar-refractivity contribution in [2.45, 2.75) is 20.3 Å². The third-order valence-corrected chi connectivity index (χ3v) is 4.46. The second-order valence-corrected chi connectivity index (χ2v) is 6.27. The third kappa shape index (κ3) is 4.77. The smallest absolute Gasteiger partial charge is 0.410 e. The molecule has 0 bridgehead atoms. The molecule has 0 aliphatic carbocycles. The number of amides is 1. The molecule has 8 nitrogen and oxygen atoms in total. The van der Waals surface area contributed by atoms with E-state index in [2.05, 4.69) is 33.7 Å². The highest BCUT2D eigenvalue weighted by atomic mass is 16.5. The average Bonchev–Trinajstić information content (AvgIpc) is 3.14. The monoisotopic (exact) mass is 383 g/mol. The quantitative estimate of drug-likeness (QED) is 0.550. The number of imidazole rings is 1. The SMILES string of the molecule is CCN(CC)CCCOc1ccc(-c2nc3c(OC(N)=O)cccc3[nH]2)cn1. The standard InChI is InChI=1S/C20H25N5O3/c1-3-25(4-2)11-6-12-27-17-10-9-14(13-22-17)19-23-15-7-5-8-16(18(15)24-19)28-20(21)26/h5,7-10,13H,3-4,6,11-12H2,1-2H3,(H2,21,26)(H,23,24). The summed E-state index contributed by atoms with van der Waals surface area (Å²) in [6.07, 6.45) is 1.78. The molecule has 3 aromatic rings. The Hall–Kier alpha value is -3.13. The van der Waals surface area contributed by atoms with Crippen LogP contribution in [0.25, 0.3) is 22.4 Å². The Labute approximate surface area is 163 Å². The van der Waals surface area contributed by atoms with E-state index in [4.69, 9.17) is 15.2 Å². The minimum Gasteiger partial charge on any atom is -0.478 e. The summed E-state index contributed by atoms with van der Waals surface area (Å²) < 4.78 is 10.7. The van der Waals surface area contributed by atoms with Crippen molar-refractivity contribution in [3.63, 3.8) is 0 Å². The molecule has 2 aromatic heterocycles. The number of ether oxygens (including phenoxy) is 2. The van der Waals surface area contributed by atoms with Gasteiger partial charge in [-0.25, -0.2) is 14.8 Å². The summed E-state index contributed by atoms with van der Waals surface area (Å²) in [6, 6.07) is 8.96. The second kappa shape index (κ2) is 9.18. The highest BCUT2D eigenvalue weighted by Crippen LogP contribution is 2.27. The van der Waals surface area contributed by atoms with Gasteiger partial charge in [0.05, 0.1) is 12.1 Å². The molecule has 3 N–H and O–H groups in total. The lowest BCUT2D eigenvalue weighted by atomic mass is 10.3. The molecule has 0 saturated heterocycles. The van der Waals surface area contributed by atoms with Gasteiger partial charge in [0.2, 0.25) is 5.88 Å². The van der Waals surface area contributed by atoms with Gasteiger partial charge >= 0.3 is 6.09 Å². The normalized spacial score (nSPS) is 11.1. The number of benzene rings is 1. The number of hydrogen-bond donors (Lipinski definition) is 2. The van der Waals surface area contributed by atoms with Gasteiger partial charge in [-0.05, 0) is 37.7 Å². The van der Waals surface area contributed by atoms with Crippen LogP contribution in [0, 0.1) is 0 Å². The van der Waals surface area contributed by atoms with E-state index < -0.39 is 6.09 Å². The van der Waals surface area contributed by atoms with E-state index in [-0.39, 0.29) is 0 Å². The predicted octanol–water partition coefficient (Wildman–Crippen LogP) is 3.19. The number of fused-ring (bicyclic) bond motifs is 1. The number of carbonyl (C=O) groups is 1. The number of nitrogens with zero attached hydrogens (tertiary/aromatic N) is 3. The zero-order valence-corrected chi connectivity index (χ0v) is 16.1. The molecule has 3 rings (SSSR count). The molecule has 1 aromatic carbocycles. The fourth-order valence-electron chi connectivity index (χ4n) is 2.94. The molecule has 0 aliphatic heterocycles. The molecule has 0 saturated carbocycles. The lowest BCUT2D eigenvalue weighted by molar-refractivity contribution is 0.211. The molecule has 0 fully saturated rings. The lowest BCUT2D eigenvalue weighted by Gasteiger charge is -2.17. The zero-order valence-electron chi connectivity index (χ0n) is 16.1. The molecule has 8 heteroatoms. The van der Waals surface area contributed by atoms with Crippen molar-refractivity contribution in [2.75, 3.05) is 26.2 Å². The van der Waals surface area contributed by atoms with E-state index in [0.29, 0.717) is 29.6 Å². The Balaban J connectivity index is 1.65. The number of primary amides is 1. The number of aromatic nitrogens is 3. The Kier molecular flexibility index (Phi) is 6.44. The third-order valence-electron chi connectivity index (χ3n) is 4.46. The molecule has 28 heavy (non-hydrogen) atoms. The molecule has 0 aliphatic rings. The van der Waals surface area contributed by atoms with Gasteiger partial charge in [-0.15, -0.1) is 0 Å². The summed E-state index contributed by atoms with van der Waals surface area (Å²) in [5.74, 6) is 1.52. The van der Waals surface area contributed by atoms with Gasteiger partial charge in [0.25, 0.3) is 0 Å². The summed E-state index contributed by atoms with van der Waals surface area (Å²) in [4.78, 5) is 25.5. The Morgan fingerprint density at radius 2 is 2.04 bits per heavy atom. The summed E-state index contributed by atoms with van der Waals surface area (Å²) in [6.45, 7) is 8.05. The minimum absolute atomic E-state index is 0.314. The number of nitrogens with one attached hydrogen (secondary N) is 1.